The maximum atomic E-state index is 12.3. The third-order valence-electron chi connectivity index (χ3n) is 3.65. The van der Waals surface area contributed by atoms with Crippen molar-refractivity contribution in [2.75, 3.05) is 19.3 Å². The minimum Gasteiger partial charge on any atom is -0.481 e. The number of hydrogen-bond donors (Lipinski definition) is 2. The molecule has 0 saturated carbocycles. The highest BCUT2D eigenvalue weighted by molar-refractivity contribution is 7.88. The van der Waals surface area contributed by atoms with Crippen LogP contribution in [-0.4, -0.2) is 54.6 Å². The number of carbonyl (C=O) groups is 2. The number of carbonyl (C=O) groups excluding carboxylic acids is 1. The van der Waals surface area contributed by atoms with Gasteiger partial charge < -0.3 is 10.4 Å². The van der Waals surface area contributed by atoms with Crippen molar-refractivity contribution in [3.05, 3.63) is 0 Å². The molecule has 1 amide bonds. The topological polar surface area (TPSA) is 104 Å². The van der Waals surface area contributed by atoms with E-state index in [1.807, 2.05) is 0 Å². The molecule has 1 atom stereocenters. The van der Waals surface area contributed by atoms with Crippen LogP contribution in [0, 0.1) is 5.92 Å². The van der Waals surface area contributed by atoms with Crippen LogP contribution in [0.5, 0.6) is 0 Å². The Bertz CT molecular complexity index is 501. The van der Waals surface area contributed by atoms with Gasteiger partial charge in [-0.2, -0.15) is 0 Å². The first-order valence-electron chi connectivity index (χ1n) is 7.00. The molecule has 0 aromatic carbocycles. The van der Waals surface area contributed by atoms with Crippen molar-refractivity contribution in [3.63, 3.8) is 0 Å². The third-order valence-corrected chi connectivity index (χ3v) is 4.92. The summed E-state index contributed by atoms with van der Waals surface area (Å²) in [4.78, 5) is 22.9. The zero-order chi connectivity index (χ0) is 16.3. The molecule has 1 fully saturated rings. The number of carboxylic acid groups (broad SMARTS) is 1. The van der Waals surface area contributed by atoms with E-state index in [0.717, 1.165) is 6.26 Å². The predicted molar refractivity (Wildman–Crippen MR) is 78.2 cm³/mol. The van der Waals surface area contributed by atoms with E-state index in [1.165, 1.54) is 4.31 Å². The molecule has 1 heterocycles. The van der Waals surface area contributed by atoms with Crippen LogP contribution in [-0.2, 0) is 19.6 Å². The van der Waals surface area contributed by atoms with Gasteiger partial charge in [0.1, 0.15) is 0 Å². The summed E-state index contributed by atoms with van der Waals surface area (Å²) in [5, 5.41) is 11.5. The maximum Gasteiger partial charge on any atom is 0.303 e. The van der Waals surface area contributed by atoms with E-state index in [2.05, 4.69) is 5.32 Å². The molecular formula is C13H24N2O5S. The van der Waals surface area contributed by atoms with Gasteiger partial charge in [-0.25, -0.2) is 12.7 Å². The summed E-state index contributed by atoms with van der Waals surface area (Å²) < 4.78 is 24.4. The Morgan fingerprint density at radius 1 is 1.38 bits per heavy atom. The number of nitrogens with one attached hydrogen (secondary N) is 1. The first-order chi connectivity index (χ1) is 9.51. The van der Waals surface area contributed by atoms with Crippen LogP contribution >= 0.6 is 0 Å². The number of aliphatic carboxylic acids is 1. The summed E-state index contributed by atoms with van der Waals surface area (Å²) in [7, 11) is -3.28. The molecule has 2 N–H and O–H groups in total. The molecule has 0 aromatic heterocycles. The number of hydrogen-bond acceptors (Lipinski definition) is 4. The second-order valence-corrected chi connectivity index (χ2v) is 8.21. The number of amides is 1. The van der Waals surface area contributed by atoms with Crippen LogP contribution in [0.1, 0.15) is 39.5 Å². The molecule has 1 rings (SSSR count). The lowest BCUT2D eigenvalue weighted by molar-refractivity contribution is -0.138. The molecule has 0 spiro atoms. The van der Waals surface area contributed by atoms with E-state index in [9.17, 15) is 18.0 Å². The van der Waals surface area contributed by atoms with Crippen LogP contribution in [0.2, 0.25) is 0 Å². The molecule has 0 radical (unpaired) electrons. The number of sulfonamides is 1. The Morgan fingerprint density at radius 2 is 2.00 bits per heavy atom. The normalized spacial score (nSPS) is 21.0. The number of piperidine rings is 1. The number of rotatable bonds is 6. The molecule has 1 unspecified atom stereocenters. The summed E-state index contributed by atoms with van der Waals surface area (Å²) in [5.41, 5.74) is -0.622. The van der Waals surface area contributed by atoms with Crippen molar-refractivity contribution >= 4 is 21.9 Å². The smallest absolute Gasteiger partial charge is 0.303 e. The molecule has 0 aliphatic carbocycles. The molecule has 1 aliphatic heterocycles. The van der Waals surface area contributed by atoms with Gasteiger partial charge in [-0.1, -0.05) is 0 Å². The number of nitrogens with zero attached hydrogens (tertiary/aromatic N) is 1. The molecule has 21 heavy (non-hydrogen) atoms. The second kappa shape index (κ2) is 6.74. The molecule has 7 nitrogen and oxygen atoms in total. The predicted octanol–water partition coefficient (Wildman–Crippen LogP) is 0.418. The van der Waals surface area contributed by atoms with Crippen LogP contribution in [0.4, 0.5) is 0 Å². The van der Waals surface area contributed by atoms with E-state index in [-0.39, 0.29) is 24.8 Å². The van der Waals surface area contributed by atoms with Crippen LogP contribution in [0.25, 0.3) is 0 Å². The van der Waals surface area contributed by atoms with Gasteiger partial charge in [-0.05, 0) is 33.1 Å². The largest absolute Gasteiger partial charge is 0.481 e. The highest BCUT2D eigenvalue weighted by Gasteiger charge is 2.32. The van der Waals surface area contributed by atoms with Crippen molar-refractivity contribution in [3.8, 4) is 0 Å². The molecule has 0 bridgehead atoms. The molecule has 0 aromatic rings. The van der Waals surface area contributed by atoms with Gasteiger partial charge in [0, 0.05) is 25.0 Å². The van der Waals surface area contributed by atoms with Crippen molar-refractivity contribution in [2.24, 2.45) is 5.92 Å². The number of carboxylic acids is 1. The zero-order valence-electron chi connectivity index (χ0n) is 12.8. The van der Waals surface area contributed by atoms with Crippen molar-refractivity contribution < 1.29 is 23.1 Å². The Hall–Kier alpha value is -1.15. The lowest BCUT2D eigenvalue weighted by Gasteiger charge is -2.33. The zero-order valence-corrected chi connectivity index (χ0v) is 13.6. The fraction of sp³-hybridized carbons (Fsp3) is 0.846. The molecule has 8 heteroatoms. The van der Waals surface area contributed by atoms with Crippen LogP contribution in [0.3, 0.4) is 0 Å². The Labute approximate surface area is 125 Å². The van der Waals surface area contributed by atoms with Gasteiger partial charge in [-0.3, -0.25) is 9.59 Å². The average molecular weight is 320 g/mol. The van der Waals surface area contributed by atoms with Gasteiger partial charge in [0.15, 0.2) is 0 Å². The van der Waals surface area contributed by atoms with Crippen molar-refractivity contribution in [1.82, 2.24) is 9.62 Å². The summed E-state index contributed by atoms with van der Waals surface area (Å²) in [6, 6.07) is 0. The van der Waals surface area contributed by atoms with Crippen LogP contribution in [0.15, 0.2) is 0 Å². The maximum absolute atomic E-state index is 12.3. The van der Waals surface area contributed by atoms with Gasteiger partial charge in [-0.15, -0.1) is 0 Å². The minimum atomic E-state index is -3.28. The fourth-order valence-corrected chi connectivity index (χ4v) is 3.29. The average Bonchev–Trinajstić information content (AvgIpc) is 2.35. The summed E-state index contributed by atoms with van der Waals surface area (Å²) in [6.07, 6.45) is 2.75. The minimum absolute atomic E-state index is 0.0204. The summed E-state index contributed by atoms with van der Waals surface area (Å²) >= 11 is 0. The van der Waals surface area contributed by atoms with Gasteiger partial charge >= 0.3 is 5.97 Å². The highest BCUT2D eigenvalue weighted by atomic mass is 32.2. The van der Waals surface area contributed by atoms with Gasteiger partial charge in [0.25, 0.3) is 0 Å². The second-order valence-electron chi connectivity index (χ2n) is 6.23. The molecule has 1 aliphatic rings. The SMILES string of the molecule is CC(C)(CCC(=O)O)NC(=O)C1CCCN(S(C)(=O)=O)C1. The van der Waals surface area contributed by atoms with E-state index in [1.54, 1.807) is 13.8 Å². The van der Waals surface area contributed by atoms with E-state index in [4.69, 9.17) is 5.11 Å². The van der Waals surface area contributed by atoms with E-state index in [0.29, 0.717) is 25.8 Å². The summed E-state index contributed by atoms with van der Waals surface area (Å²) in [6.45, 7) is 4.18. The van der Waals surface area contributed by atoms with Gasteiger partial charge in [0.05, 0.1) is 12.2 Å². The van der Waals surface area contributed by atoms with E-state index >= 15 is 0 Å². The van der Waals surface area contributed by atoms with E-state index < -0.39 is 21.5 Å². The first-order valence-corrected chi connectivity index (χ1v) is 8.85. The lowest BCUT2D eigenvalue weighted by Crippen LogP contribution is -2.50. The Kier molecular flexibility index (Phi) is 5.75. The molecule has 1 saturated heterocycles. The lowest BCUT2D eigenvalue weighted by atomic mass is 9.94. The molecule has 122 valence electrons. The van der Waals surface area contributed by atoms with Crippen LogP contribution < -0.4 is 5.32 Å². The Morgan fingerprint density at radius 3 is 2.52 bits per heavy atom. The molecular weight excluding hydrogens is 296 g/mol. The van der Waals surface area contributed by atoms with Crippen molar-refractivity contribution in [1.29, 1.82) is 0 Å². The third kappa shape index (κ3) is 6.01. The quantitative estimate of drug-likeness (QED) is 0.738. The Balaban J connectivity index is 2.60. The first kappa shape index (κ1) is 17.9. The monoisotopic (exact) mass is 320 g/mol. The summed E-state index contributed by atoms with van der Waals surface area (Å²) in [5.74, 6) is -1.49. The van der Waals surface area contributed by atoms with Gasteiger partial charge in [0.2, 0.25) is 15.9 Å². The van der Waals surface area contributed by atoms with Crippen molar-refractivity contribution in [2.45, 2.75) is 45.1 Å². The highest BCUT2D eigenvalue weighted by Crippen LogP contribution is 2.20. The standard InChI is InChI=1S/C13H24N2O5S/c1-13(2,7-6-11(16)17)14-12(18)10-5-4-8-15(9-10)21(3,19)20/h10H,4-9H2,1-3H3,(H,14,18)(H,16,17). The fourth-order valence-electron chi connectivity index (χ4n) is 2.38.